The SMILES string of the molecule is Cl.Cl.NC1CCC(Nc2nc(NC3CCN(C(=O)Nc4ccccc4Cl)CC3)c3ncn(C4CCCC4)c3n2)CC1. The fraction of sp³-hybridized carbons (Fsp3) is 0.571. The van der Waals surface area contributed by atoms with Gasteiger partial charge in [0.2, 0.25) is 5.95 Å². The molecule has 224 valence electrons. The standard InChI is InChI=1S/C28H38ClN9O.2ClH/c29-22-7-3-4-8-23(22)34-28(39)37-15-13-20(14-16-37)32-25-24-26(38(17-31-24)21-5-1-2-6-21)36-27(35-25)33-19-11-9-18(30)10-12-19;;/h3-4,7-8,17-21H,1-2,5-6,9-16,30H2,(H,34,39)(H2,32,33,35,36);2*1H. The highest BCUT2D eigenvalue weighted by Gasteiger charge is 2.27. The molecular weight excluding hydrogens is 585 g/mol. The van der Waals surface area contributed by atoms with Gasteiger partial charge in [0, 0.05) is 37.3 Å². The van der Waals surface area contributed by atoms with Crippen LogP contribution in [0.5, 0.6) is 0 Å². The van der Waals surface area contributed by atoms with Gasteiger partial charge in [-0.15, -0.1) is 24.8 Å². The molecule has 41 heavy (non-hydrogen) atoms. The number of imidazole rings is 1. The number of benzene rings is 1. The molecule has 5 N–H and O–H groups in total. The normalized spacial score (nSPS) is 21.7. The van der Waals surface area contributed by atoms with E-state index in [1.165, 1.54) is 12.8 Å². The third-order valence-corrected chi connectivity index (χ3v) is 8.81. The van der Waals surface area contributed by atoms with E-state index in [0.717, 1.165) is 68.3 Å². The average Bonchev–Trinajstić information content (AvgIpc) is 3.62. The number of hydrogen-bond acceptors (Lipinski definition) is 7. The maximum absolute atomic E-state index is 12.8. The molecule has 1 aromatic carbocycles. The largest absolute Gasteiger partial charge is 0.365 e. The molecule has 2 aliphatic carbocycles. The Morgan fingerprint density at radius 1 is 0.902 bits per heavy atom. The average molecular weight is 625 g/mol. The molecule has 0 radical (unpaired) electrons. The topological polar surface area (TPSA) is 126 Å². The third kappa shape index (κ3) is 7.28. The lowest BCUT2D eigenvalue weighted by Crippen LogP contribution is -2.44. The Bertz CT molecular complexity index is 1300. The van der Waals surface area contributed by atoms with Gasteiger partial charge in [0.1, 0.15) is 0 Å². The monoisotopic (exact) mass is 623 g/mol. The summed E-state index contributed by atoms with van der Waals surface area (Å²) in [5, 5.41) is 10.7. The van der Waals surface area contributed by atoms with Gasteiger partial charge in [-0.25, -0.2) is 9.78 Å². The van der Waals surface area contributed by atoms with Gasteiger partial charge in [-0.2, -0.15) is 9.97 Å². The number of hydrogen-bond donors (Lipinski definition) is 4. The van der Waals surface area contributed by atoms with Gasteiger partial charge in [0.15, 0.2) is 17.0 Å². The van der Waals surface area contributed by atoms with Gasteiger partial charge in [-0.05, 0) is 63.5 Å². The zero-order chi connectivity index (χ0) is 26.8. The number of urea groups is 1. The highest BCUT2D eigenvalue weighted by atomic mass is 35.5. The lowest BCUT2D eigenvalue weighted by atomic mass is 9.92. The molecule has 10 nitrogen and oxygen atoms in total. The summed E-state index contributed by atoms with van der Waals surface area (Å²) >= 11 is 6.22. The number of carbonyl (C=O) groups is 1. The molecular formula is C28H40Cl3N9O. The van der Waals surface area contributed by atoms with Crippen LogP contribution in [0.1, 0.15) is 70.3 Å². The molecule has 3 fully saturated rings. The highest BCUT2D eigenvalue weighted by Crippen LogP contribution is 2.34. The highest BCUT2D eigenvalue weighted by molar-refractivity contribution is 6.33. The summed E-state index contributed by atoms with van der Waals surface area (Å²) in [6.45, 7) is 1.29. The number of likely N-dealkylation sites (tertiary alicyclic amines) is 1. The summed E-state index contributed by atoms with van der Waals surface area (Å²) in [7, 11) is 0. The van der Waals surface area contributed by atoms with E-state index in [2.05, 4.69) is 20.5 Å². The Kier molecular flexibility index (Phi) is 10.8. The number of anilines is 3. The zero-order valence-corrected chi connectivity index (χ0v) is 25.5. The van der Waals surface area contributed by atoms with Gasteiger partial charge in [0.05, 0.1) is 17.0 Å². The van der Waals surface area contributed by atoms with Crippen molar-refractivity contribution in [2.75, 3.05) is 29.0 Å². The van der Waals surface area contributed by atoms with Crippen LogP contribution in [0.15, 0.2) is 30.6 Å². The van der Waals surface area contributed by atoms with E-state index in [9.17, 15) is 4.79 Å². The van der Waals surface area contributed by atoms with Crippen LogP contribution in [0.2, 0.25) is 5.02 Å². The van der Waals surface area contributed by atoms with Crippen LogP contribution >= 0.6 is 36.4 Å². The van der Waals surface area contributed by atoms with Crippen LogP contribution in [0, 0.1) is 0 Å². The molecule has 0 atom stereocenters. The molecule has 3 aliphatic rings. The Morgan fingerprint density at radius 2 is 1.59 bits per heavy atom. The first kappa shape index (κ1) is 31.4. The number of nitrogens with one attached hydrogen (secondary N) is 3. The lowest BCUT2D eigenvalue weighted by Gasteiger charge is -2.33. The summed E-state index contributed by atoms with van der Waals surface area (Å²) in [5.74, 6) is 1.42. The minimum atomic E-state index is -0.125. The van der Waals surface area contributed by atoms with Gasteiger partial charge >= 0.3 is 6.03 Å². The molecule has 1 saturated heterocycles. The van der Waals surface area contributed by atoms with Crippen LogP contribution in [-0.4, -0.2) is 61.7 Å². The van der Waals surface area contributed by atoms with Crippen LogP contribution in [0.4, 0.5) is 22.2 Å². The first-order valence-corrected chi connectivity index (χ1v) is 14.7. The number of aromatic nitrogens is 4. The zero-order valence-electron chi connectivity index (χ0n) is 23.1. The van der Waals surface area contributed by atoms with Crippen molar-refractivity contribution in [3.8, 4) is 0 Å². The number of piperidine rings is 1. The molecule has 2 aromatic heterocycles. The Labute approximate surface area is 258 Å². The smallest absolute Gasteiger partial charge is 0.321 e. The number of halogens is 3. The van der Waals surface area contributed by atoms with Gasteiger partial charge in [0.25, 0.3) is 0 Å². The second kappa shape index (κ2) is 14.1. The molecule has 13 heteroatoms. The molecule has 3 aromatic rings. The number of carbonyl (C=O) groups excluding carboxylic acids is 1. The molecule has 6 rings (SSSR count). The fourth-order valence-electron chi connectivity index (χ4n) is 6.15. The number of rotatable bonds is 6. The minimum Gasteiger partial charge on any atom is -0.365 e. The second-order valence-electron chi connectivity index (χ2n) is 11.2. The first-order chi connectivity index (χ1) is 19.0. The van der Waals surface area contributed by atoms with Crippen molar-refractivity contribution < 1.29 is 4.79 Å². The minimum absolute atomic E-state index is 0. The molecule has 0 spiro atoms. The maximum atomic E-state index is 12.8. The van der Waals surface area contributed by atoms with E-state index in [-0.39, 0.29) is 36.9 Å². The van der Waals surface area contributed by atoms with E-state index in [1.54, 1.807) is 6.07 Å². The van der Waals surface area contributed by atoms with Crippen molar-refractivity contribution in [3.05, 3.63) is 35.6 Å². The summed E-state index contributed by atoms with van der Waals surface area (Å²) in [6.07, 6.45) is 12.5. The predicted octanol–water partition coefficient (Wildman–Crippen LogP) is 6.23. The van der Waals surface area contributed by atoms with Gasteiger partial charge in [-0.3, -0.25) is 0 Å². The molecule has 1 aliphatic heterocycles. The Balaban J connectivity index is 0.00000194. The lowest BCUT2D eigenvalue weighted by molar-refractivity contribution is 0.197. The molecule has 0 unspecified atom stereocenters. The quantitative estimate of drug-likeness (QED) is 0.256. The van der Waals surface area contributed by atoms with E-state index in [4.69, 9.17) is 32.3 Å². The summed E-state index contributed by atoms with van der Waals surface area (Å²) in [6, 6.07) is 8.43. The van der Waals surface area contributed by atoms with E-state index >= 15 is 0 Å². The Hall–Kier alpha value is -2.53. The van der Waals surface area contributed by atoms with E-state index in [0.29, 0.717) is 47.9 Å². The summed E-state index contributed by atoms with van der Waals surface area (Å²) in [5.41, 5.74) is 8.47. The molecule has 2 saturated carbocycles. The van der Waals surface area contributed by atoms with Crippen molar-refractivity contribution in [2.24, 2.45) is 5.73 Å². The van der Waals surface area contributed by atoms with Crippen LogP contribution in [0.25, 0.3) is 11.2 Å². The third-order valence-electron chi connectivity index (χ3n) is 8.48. The van der Waals surface area contributed by atoms with Crippen LogP contribution < -0.4 is 21.7 Å². The van der Waals surface area contributed by atoms with Crippen molar-refractivity contribution in [1.82, 2.24) is 24.4 Å². The fourth-order valence-corrected chi connectivity index (χ4v) is 6.34. The van der Waals surface area contributed by atoms with Crippen molar-refractivity contribution in [1.29, 1.82) is 0 Å². The maximum Gasteiger partial charge on any atom is 0.321 e. The summed E-state index contributed by atoms with van der Waals surface area (Å²) in [4.78, 5) is 29.3. The van der Waals surface area contributed by atoms with Crippen molar-refractivity contribution in [3.63, 3.8) is 0 Å². The summed E-state index contributed by atoms with van der Waals surface area (Å²) < 4.78 is 2.25. The van der Waals surface area contributed by atoms with Crippen LogP contribution in [-0.2, 0) is 0 Å². The van der Waals surface area contributed by atoms with Crippen molar-refractivity contribution >= 4 is 71.1 Å². The van der Waals surface area contributed by atoms with Crippen molar-refractivity contribution in [2.45, 2.75) is 88.4 Å². The number of nitrogens with zero attached hydrogens (tertiary/aromatic N) is 5. The number of para-hydroxylation sites is 1. The predicted molar refractivity (Wildman–Crippen MR) is 170 cm³/mol. The number of amides is 2. The van der Waals surface area contributed by atoms with Gasteiger partial charge < -0.3 is 31.2 Å². The van der Waals surface area contributed by atoms with Gasteiger partial charge in [-0.1, -0.05) is 36.6 Å². The van der Waals surface area contributed by atoms with E-state index in [1.807, 2.05) is 29.4 Å². The van der Waals surface area contributed by atoms with Crippen LogP contribution in [0.3, 0.4) is 0 Å². The second-order valence-corrected chi connectivity index (χ2v) is 11.6. The first-order valence-electron chi connectivity index (χ1n) is 14.4. The van der Waals surface area contributed by atoms with E-state index < -0.39 is 0 Å². The molecule has 3 heterocycles. The molecule has 2 amide bonds. The molecule has 0 bridgehead atoms. The number of nitrogens with two attached hydrogens (primary N) is 1. The Morgan fingerprint density at radius 3 is 2.29 bits per heavy atom. The number of fused-ring (bicyclic) bond motifs is 1.